The van der Waals surface area contributed by atoms with Crippen LogP contribution in [0.1, 0.15) is 28.9 Å². The molecule has 2 saturated heterocycles. The average molecular weight is 301 g/mol. The molecule has 2 aromatic heterocycles. The number of rotatable bonds is 1. The Balaban J connectivity index is 1.53. The highest BCUT2D eigenvalue weighted by Crippen LogP contribution is 2.31. The second-order valence-corrected chi connectivity index (χ2v) is 5.95. The zero-order valence-corrected chi connectivity index (χ0v) is 12.6. The lowest BCUT2D eigenvalue weighted by Crippen LogP contribution is -2.47. The molecule has 22 heavy (non-hydrogen) atoms. The Bertz CT molecular complexity index is 708. The molecule has 0 atom stereocenters. The van der Waals surface area contributed by atoms with E-state index in [2.05, 4.69) is 4.98 Å². The van der Waals surface area contributed by atoms with Gasteiger partial charge in [-0.25, -0.2) is 4.98 Å². The Kier molecular flexibility index (Phi) is 3.16. The quantitative estimate of drug-likeness (QED) is 0.803. The van der Waals surface area contributed by atoms with Crippen LogP contribution in [0, 0.1) is 6.92 Å². The molecule has 6 nitrogen and oxygen atoms in total. The van der Waals surface area contributed by atoms with Crippen LogP contribution >= 0.6 is 0 Å². The summed E-state index contributed by atoms with van der Waals surface area (Å²) in [6.07, 6.45) is 5.17. The molecule has 0 aliphatic carbocycles. The fraction of sp³-hybridized carbons (Fsp3) is 0.500. The van der Waals surface area contributed by atoms with E-state index in [1.807, 2.05) is 34.6 Å². The summed E-state index contributed by atoms with van der Waals surface area (Å²) in [5, 5.41) is 0. The van der Waals surface area contributed by atoms with E-state index >= 15 is 0 Å². The number of ether oxygens (including phenoxy) is 2. The number of piperidine rings is 1. The Morgan fingerprint density at radius 2 is 2.00 bits per heavy atom. The SMILES string of the molecule is Cc1cccn2cc(C(=O)N3CCC4(CC3)OCCO4)nc12. The first kappa shape index (κ1) is 13.7. The van der Waals surface area contributed by atoms with Gasteiger partial charge >= 0.3 is 0 Å². The maximum atomic E-state index is 12.7. The third-order valence-electron chi connectivity index (χ3n) is 4.52. The summed E-state index contributed by atoms with van der Waals surface area (Å²) in [4.78, 5) is 19.0. The largest absolute Gasteiger partial charge is 0.347 e. The third-order valence-corrected chi connectivity index (χ3v) is 4.52. The highest BCUT2D eigenvalue weighted by atomic mass is 16.7. The Morgan fingerprint density at radius 3 is 2.68 bits per heavy atom. The molecule has 0 radical (unpaired) electrons. The number of hydrogen-bond acceptors (Lipinski definition) is 4. The fourth-order valence-corrected chi connectivity index (χ4v) is 3.25. The molecule has 2 aliphatic rings. The summed E-state index contributed by atoms with van der Waals surface area (Å²) in [6.45, 7) is 4.59. The van der Waals surface area contributed by atoms with Gasteiger partial charge in [-0.05, 0) is 18.6 Å². The topological polar surface area (TPSA) is 56.1 Å². The zero-order chi connectivity index (χ0) is 15.2. The van der Waals surface area contributed by atoms with Crippen molar-refractivity contribution in [2.75, 3.05) is 26.3 Å². The minimum absolute atomic E-state index is 0.0176. The first-order valence-corrected chi connectivity index (χ1v) is 7.68. The van der Waals surface area contributed by atoms with Crippen molar-refractivity contribution in [3.05, 3.63) is 35.8 Å². The van der Waals surface area contributed by atoms with Crippen molar-refractivity contribution in [3.63, 3.8) is 0 Å². The van der Waals surface area contributed by atoms with Gasteiger partial charge in [0.25, 0.3) is 5.91 Å². The van der Waals surface area contributed by atoms with Gasteiger partial charge in [-0.15, -0.1) is 0 Å². The molecule has 0 aromatic carbocycles. The van der Waals surface area contributed by atoms with Crippen LogP contribution in [0.15, 0.2) is 24.5 Å². The molecular weight excluding hydrogens is 282 g/mol. The van der Waals surface area contributed by atoms with Gasteiger partial charge in [-0.3, -0.25) is 4.79 Å². The number of aromatic nitrogens is 2. The number of aryl methyl sites for hydroxylation is 1. The number of hydrogen-bond donors (Lipinski definition) is 0. The normalized spacial score (nSPS) is 20.9. The minimum Gasteiger partial charge on any atom is -0.347 e. The summed E-state index contributed by atoms with van der Waals surface area (Å²) in [7, 11) is 0. The molecule has 1 amide bonds. The number of imidazole rings is 1. The second kappa shape index (κ2) is 5.07. The zero-order valence-electron chi connectivity index (χ0n) is 12.6. The van der Waals surface area contributed by atoms with Gasteiger partial charge < -0.3 is 18.8 Å². The molecular formula is C16H19N3O3. The van der Waals surface area contributed by atoms with Crippen LogP contribution in [0.4, 0.5) is 0 Å². The molecule has 0 bridgehead atoms. The molecule has 0 saturated carbocycles. The van der Waals surface area contributed by atoms with Crippen molar-refractivity contribution in [1.82, 2.24) is 14.3 Å². The van der Waals surface area contributed by atoms with Gasteiger partial charge in [0.15, 0.2) is 5.79 Å². The predicted octanol–water partition coefficient (Wildman–Crippen LogP) is 1.62. The minimum atomic E-state index is -0.452. The first-order chi connectivity index (χ1) is 10.7. The Labute approximate surface area is 128 Å². The van der Waals surface area contributed by atoms with Crippen LogP contribution in [0.25, 0.3) is 5.65 Å². The lowest BCUT2D eigenvalue weighted by molar-refractivity contribution is -0.181. The van der Waals surface area contributed by atoms with E-state index < -0.39 is 5.79 Å². The van der Waals surface area contributed by atoms with E-state index in [0.29, 0.717) is 32.0 Å². The van der Waals surface area contributed by atoms with Crippen LogP contribution in [0.2, 0.25) is 0 Å². The second-order valence-electron chi connectivity index (χ2n) is 5.95. The van der Waals surface area contributed by atoms with Crippen LogP contribution in [-0.4, -0.2) is 52.3 Å². The molecule has 6 heteroatoms. The lowest BCUT2D eigenvalue weighted by Gasteiger charge is -2.37. The summed E-state index contributed by atoms with van der Waals surface area (Å²) in [5.41, 5.74) is 2.40. The van der Waals surface area contributed by atoms with Crippen molar-refractivity contribution in [2.24, 2.45) is 0 Å². The molecule has 4 heterocycles. The molecule has 116 valence electrons. The van der Waals surface area contributed by atoms with E-state index in [1.165, 1.54) is 0 Å². The Morgan fingerprint density at radius 1 is 1.27 bits per heavy atom. The van der Waals surface area contributed by atoms with Crippen LogP contribution in [-0.2, 0) is 9.47 Å². The summed E-state index contributed by atoms with van der Waals surface area (Å²) in [6, 6.07) is 3.95. The van der Waals surface area contributed by atoms with Crippen LogP contribution in [0.3, 0.4) is 0 Å². The van der Waals surface area contributed by atoms with Gasteiger partial charge in [0.1, 0.15) is 11.3 Å². The number of likely N-dealkylation sites (tertiary alicyclic amines) is 1. The van der Waals surface area contributed by atoms with Gasteiger partial charge in [-0.2, -0.15) is 0 Å². The van der Waals surface area contributed by atoms with Crippen molar-refractivity contribution >= 4 is 11.6 Å². The van der Waals surface area contributed by atoms with Crippen molar-refractivity contribution in [1.29, 1.82) is 0 Å². The van der Waals surface area contributed by atoms with E-state index in [0.717, 1.165) is 24.1 Å². The van der Waals surface area contributed by atoms with Gasteiger partial charge in [0.05, 0.1) is 13.2 Å². The molecule has 2 aliphatic heterocycles. The van der Waals surface area contributed by atoms with Gasteiger partial charge in [0, 0.05) is 38.3 Å². The van der Waals surface area contributed by atoms with E-state index in [1.54, 1.807) is 6.20 Å². The molecule has 2 fully saturated rings. The highest BCUT2D eigenvalue weighted by molar-refractivity contribution is 5.93. The number of fused-ring (bicyclic) bond motifs is 1. The number of carbonyl (C=O) groups excluding carboxylic acids is 1. The van der Waals surface area contributed by atoms with Crippen molar-refractivity contribution < 1.29 is 14.3 Å². The number of nitrogens with zero attached hydrogens (tertiary/aromatic N) is 3. The average Bonchev–Trinajstić information content (AvgIpc) is 3.15. The molecule has 0 N–H and O–H groups in total. The van der Waals surface area contributed by atoms with E-state index in [-0.39, 0.29) is 5.91 Å². The maximum Gasteiger partial charge on any atom is 0.274 e. The summed E-state index contributed by atoms with van der Waals surface area (Å²) in [5.74, 6) is -0.470. The summed E-state index contributed by atoms with van der Waals surface area (Å²) >= 11 is 0. The maximum absolute atomic E-state index is 12.7. The molecule has 1 spiro atoms. The fourth-order valence-electron chi connectivity index (χ4n) is 3.25. The monoisotopic (exact) mass is 301 g/mol. The first-order valence-electron chi connectivity index (χ1n) is 7.68. The number of amides is 1. The van der Waals surface area contributed by atoms with Crippen LogP contribution in [0.5, 0.6) is 0 Å². The standard InChI is InChI=1S/C16H19N3O3/c1-12-3-2-6-19-11-13(17-14(12)19)15(20)18-7-4-16(5-8-18)21-9-10-22-16/h2-3,6,11H,4-5,7-10H2,1H3. The Hall–Kier alpha value is -1.92. The highest BCUT2D eigenvalue weighted by Gasteiger charge is 2.41. The van der Waals surface area contributed by atoms with E-state index in [4.69, 9.17) is 9.47 Å². The molecule has 0 unspecified atom stereocenters. The van der Waals surface area contributed by atoms with Crippen LogP contribution < -0.4 is 0 Å². The van der Waals surface area contributed by atoms with E-state index in [9.17, 15) is 4.79 Å². The van der Waals surface area contributed by atoms with Gasteiger partial charge in [-0.1, -0.05) is 6.07 Å². The number of carbonyl (C=O) groups is 1. The van der Waals surface area contributed by atoms with Crippen molar-refractivity contribution in [3.8, 4) is 0 Å². The lowest BCUT2D eigenvalue weighted by atomic mass is 10.0. The number of pyridine rings is 1. The predicted molar refractivity (Wildman–Crippen MR) is 79.7 cm³/mol. The molecule has 4 rings (SSSR count). The molecule has 2 aromatic rings. The smallest absolute Gasteiger partial charge is 0.274 e. The third kappa shape index (κ3) is 2.19. The summed E-state index contributed by atoms with van der Waals surface area (Å²) < 4.78 is 13.3. The van der Waals surface area contributed by atoms with Gasteiger partial charge in [0.2, 0.25) is 0 Å². The van der Waals surface area contributed by atoms with Crippen molar-refractivity contribution in [2.45, 2.75) is 25.6 Å².